The lowest BCUT2D eigenvalue weighted by molar-refractivity contribution is 0.00689. The van der Waals surface area contributed by atoms with Crippen molar-refractivity contribution >= 4 is 21.9 Å². The van der Waals surface area contributed by atoms with Gasteiger partial charge in [0.05, 0.1) is 12.2 Å². The van der Waals surface area contributed by atoms with E-state index in [1.54, 1.807) is 25.3 Å². The summed E-state index contributed by atoms with van der Waals surface area (Å²) >= 11 is 3.35. The van der Waals surface area contributed by atoms with Gasteiger partial charge in [0.1, 0.15) is 18.0 Å². The molecule has 0 atom stereocenters. The number of hydrogen-bond donors (Lipinski definition) is 0. The van der Waals surface area contributed by atoms with E-state index >= 15 is 0 Å². The van der Waals surface area contributed by atoms with E-state index in [1.165, 1.54) is 0 Å². The van der Waals surface area contributed by atoms with Crippen molar-refractivity contribution in [2.45, 2.75) is 26.4 Å². The van der Waals surface area contributed by atoms with Gasteiger partial charge in [0, 0.05) is 11.6 Å². The molecule has 0 saturated carbocycles. The van der Waals surface area contributed by atoms with Gasteiger partial charge in [-0.15, -0.1) is 0 Å². The highest BCUT2D eigenvalue weighted by Gasteiger charge is 2.18. The van der Waals surface area contributed by atoms with Crippen LogP contribution in [0.1, 0.15) is 31.1 Å². The molecule has 5 heteroatoms. The highest BCUT2D eigenvalue weighted by molar-refractivity contribution is 9.10. The zero-order valence-corrected chi connectivity index (χ0v) is 13.2. The predicted octanol–water partition coefficient (Wildman–Crippen LogP) is 3.43. The second-order valence-electron chi connectivity index (χ2n) is 5.02. The molecule has 1 aromatic carbocycles. The van der Waals surface area contributed by atoms with E-state index in [-0.39, 0.29) is 5.97 Å². The first-order valence-electron chi connectivity index (χ1n) is 5.97. The molecule has 106 valence electrons. The molecule has 0 fully saturated rings. The normalized spacial score (nSPS) is 11.2. The van der Waals surface area contributed by atoms with Gasteiger partial charge in [-0.3, -0.25) is 0 Å². The van der Waals surface area contributed by atoms with Gasteiger partial charge >= 0.3 is 5.97 Å². The lowest BCUT2D eigenvalue weighted by Crippen LogP contribution is -2.23. The highest BCUT2D eigenvalue weighted by Crippen LogP contribution is 2.23. The molecular weight excluding hydrogens is 312 g/mol. The maximum absolute atomic E-state index is 12.0. The quantitative estimate of drug-likeness (QED) is 0.612. The predicted molar refractivity (Wildman–Crippen MR) is 76.7 cm³/mol. The van der Waals surface area contributed by atoms with Crippen LogP contribution in [-0.2, 0) is 9.47 Å². The van der Waals surface area contributed by atoms with Crippen molar-refractivity contribution in [2.24, 2.45) is 0 Å². The van der Waals surface area contributed by atoms with E-state index in [9.17, 15) is 4.79 Å². The summed E-state index contributed by atoms with van der Waals surface area (Å²) in [5, 5.41) is 0. The number of carbonyl (C=O) groups is 1. The molecule has 0 aliphatic carbocycles. The van der Waals surface area contributed by atoms with Crippen molar-refractivity contribution in [1.29, 1.82) is 0 Å². The van der Waals surface area contributed by atoms with Gasteiger partial charge in [-0.05, 0) is 39.0 Å². The number of halogens is 1. The van der Waals surface area contributed by atoms with Crippen LogP contribution in [0.25, 0.3) is 0 Å². The summed E-state index contributed by atoms with van der Waals surface area (Å²) in [6.07, 6.45) is 0. The standard InChI is InChI=1S/C14H19BrO4/c1-14(2,3)19-13(16)10-7-11(15)9-12(8-10)18-6-5-17-4/h7-9H,5-6H2,1-4H3. The van der Waals surface area contributed by atoms with Crippen LogP contribution in [0, 0.1) is 0 Å². The monoisotopic (exact) mass is 330 g/mol. The number of methoxy groups -OCH3 is 1. The summed E-state index contributed by atoms with van der Waals surface area (Å²) in [7, 11) is 1.61. The Morgan fingerprint density at radius 3 is 2.47 bits per heavy atom. The first-order chi connectivity index (χ1) is 8.81. The second kappa shape index (κ2) is 6.91. The molecule has 1 aromatic rings. The molecule has 19 heavy (non-hydrogen) atoms. The Morgan fingerprint density at radius 1 is 1.21 bits per heavy atom. The SMILES string of the molecule is COCCOc1cc(Br)cc(C(=O)OC(C)(C)C)c1. The summed E-state index contributed by atoms with van der Waals surface area (Å²) in [5.74, 6) is 0.234. The van der Waals surface area contributed by atoms with Crippen LogP contribution < -0.4 is 4.74 Å². The molecule has 0 unspecified atom stereocenters. The first kappa shape index (κ1) is 16.0. The Bertz CT molecular complexity index is 438. The average molecular weight is 331 g/mol. The zero-order chi connectivity index (χ0) is 14.5. The van der Waals surface area contributed by atoms with Crippen molar-refractivity contribution < 1.29 is 19.0 Å². The molecule has 0 aromatic heterocycles. The highest BCUT2D eigenvalue weighted by atomic mass is 79.9. The number of ether oxygens (including phenoxy) is 3. The van der Waals surface area contributed by atoms with Gasteiger partial charge in [-0.25, -0.2) is 4.79 Å². The number of carbonyl (C=O) groups excluding carboxylic acids is 1. The Labute approximate surface area is 122 Å². The second-order valence-corrected chi connectivity index (χ2v) is 5.93. The summed E-state index contributed by atoms with van der Waals surface area (Å²) in [6, 6.07) is 5.16. The van der Waals surface area contributed by atoms with E-state index in [2.05, 4.69) is 15.9 Å². The maximum Gasteiger partial charge on any atom is 0.338 e. The van der Waals surface area contributed by atoms with Gasteiger partial charge < -0.3 is 14.2 Å². The minimum Gasteiger partial charge on any atom is -0.491 e. The number of hydrogen-bond acceptors (Lipinski definition) is 4. The molecule has 0 radical (unpaired) electrons. The molecule has 4 nitrogen and oxygen atoms in total. The fraction of sp³-hybridized carbons (Fsp3) is 0.500. The van der Waals surface area contributed by atoms with E-state index < -0.39 is 5.60 Å². The van der Waals surface area contributed by atoms with E-state index in [1.807, 2.05) is 20.8 Å². The van der Waals surface area contributed by atoms with Crippen LogP contribution in [-0.4, -0.2) is 31.9 Å². The summed E-state index contributed by atoms with van der Waals surface area (Å²) in [6.45, 7) is 6.42. The topological polar surface area (TPSA) is 44.8 Å². The first-order valence-corrected chi connectivity index (χ1v) is 6.77. The van der Waals surface area contributed by atoms with E-state index in [0.717, 1.165) is 4.47 Å². The molecule has 0 spiro atoms. The fourth-order valence-corrected chi connectivity index (χ4v) is 1.82. The lowest BCUT2D eigenvalue weighted by Gasteiger charge is -2.19. The smallest absolute Gasteiger partial charge is 0.338 e. The van der Waals surface area contributed by atoms with E-state index in [4.69, 9.17) is 14.2 Å². The average Bonchev–Trinajstić information content (AvgIpc) is 2.26. The molecule has 0 N–H and O–H groups in total. The van der Waals surface area contributed by atoms with Crippen LogP contribution in [0.5, 0.6) is 5.75 Å². The molecular formula is C14H19BrO4. The summed E-state index contributed by atoms with van der Waals surface area (Å²) < 4.78 is 16.5. The lowest BCUT2D eigenvalue weighted by atomic mass is 10.1. The summed E-state index contributed by atoms with van der Waals surface area (Å²) in [4.78, 5) is 12.0. The number of esters is 1. The minimum atomic E-state index is -0.517. The molecule has 0 heterocycles. The molecule has 1 rings (SSSR count). The van der Waals surface area contributed by atoms with Gasteiger partial charge in [0.25, 0.3) is 0 Å². The Hall–Kier alpha value is -1.07. The molecule has 0 aliphatic heterocycles. The van der Waals surface area contributed by atoms with Crippen molar-refractivity contribution in [1.82, 2.24) is 0 Å². The number of rotatable bonds is 5. The van der Waals surface area contributed by atoms with Gasteiger partial charge in [0.2, 0.25) is 0 Å². The third-order valence-corrected chi connectivity index (χ3v) is 2.52. The van der Waals surface area contributed by atoms with Crippen LogP contribution >= 0.6 is 15.9 Å². The Kier molecular flexibility index (Phi) is 5.82. The summed E-state index contributed by atoms with van der Waals surface area (Å²) in [5.41, 5.74) is -0.0621. The van der Waals surface area contributed by atoms with E-state index in [0.29, 0.717) is 24.5 Å². The van der Waals surface area contributed by atoms with Crippen molar-refractivity contribution in [3.63, 3.8) is 0 Å². The van der Waals surface area contributed by atoms with Crippen LogP contribution in [0.4, 0.5) is 0 Å². The van der Waals surface area contributed by atoms with Crippen LogP contribution in [0.15, 0.2) is 22.7 Å². The molecule has 0 aliphatic rings. The third kappa shape index (κ3) is 6.07. The van der Waals surface area contributed by atoms with Crippen molar-refractivity contribution in [2.75, 3.05) is 20.3 Å². The van der Waals surface area contributed by atoms with Gasteiger partial charge in [-0.1, -0.05) is 15.9 Å². The van der Waals surface area contributed by atoms with Gasteiger partial charge in [0.15, 0.2) is 0 Å². The molecule has 0 saturated heterocycles. The van der Waals surface area contributed by atoms with Gasteiger partial charge in [-0.2, -0.15) is 0 Å². The molecule has 0 bridgehead atoms. The van der Waals surface area contributed by atoms with Crippen LogP contribution in [0.2, 0.25) is 0 Å². The minimum absolute atomic E-state index is 0.370. The number of benzene rings is 1. The third-order valence-electron chi connectivity index (χ3n) is 2.06. The maximum atomic E-state index is 12.0. The molecule has 0 amide bonds. The fourth-order valence-electron chi connectivity index (χ4n) is 1.34. The van der Waals surface area contributed by atoms with Crippen molar-refractivity contribution in [3.8, 4) is 5.75 Å². The zero-order valence-electron chi connectivity index (χ0n) is 11.7. The Balaban J connectivity index is 2.81. The van der Waals surface area contributed by atoms with Crippen molar-refractivity contribution in [3.05, 3.63) is 28.2 Å². The largest absolute Gasteiger partial charge is 0.491 e. The van der Waals surface area contributed by atoms with Crippen LogP contribution in [0.3, 0.4) is 0 Å². The Morgan fingerprint density at radius 2 is 1.89 bits per heavy atom.